The molecule has 1 saturated heterocycles. The van der Waals surface area contributed by atoms with Crippen molar-refractivity contribution in [2.24, 2.45) is 0 Å². The maximum atomic E-state index is 4.47. The van der Waals surface area contributed by atoms with Gasteiger partial charge in [0.1, 0.15) is 11.6 Å². The van der Waals surface area contributed by atoms with E-state index in [-0.39, 0.29) is 0 Å². The van der Waals surface area contributed by atoms with Gasteiger partial charge in [-0.05, 0) is 55.6 Å². The third kappa shape index (κ3) is 3.70. The van der Waals surface area contributed by atoms with Crippen molar-refractivity contribution in [3.8, 4) is 0 Å². The molecule has 0 radical (unpaired) electrons. The number of aromatic nitrogens is 3. The molecule has 5 nitrogen and oxygen atoms in total. The molecule has 3 aromatic rings. The average Bonchev–Trinajstić information content (AvgIpc) is 3.30. The van der Waals surface area contributed by atoms with Crippen LogP contribution in [0.3, 0.4) is 0 Å². The van der Waals surface area contributed by atoms with Gasteiger partial charge in [0.2, 0.25) is 0 Å². The van der Waals surface area contributed by atoms with E-state index in [0.29, 0.717) is 6.04 Å². The molecule has 128 valence electrons. The second-order valence-corrected chi connectivity index (χ2v) is 7.10. The van der Waals surface area contributed by atoms with Gasteiger partial charge in [-0.1, -0.05) is 6.07 Å². The Kier molecular flexibility index (Phi) is 4.72. The minimum Gasteiger partial charge on any atom is -0.325 e. The molecule has 0 spiro atoms. The van der Waals surface area contributed by atoms with Crippen LogP contribution in [0.4, 0.5) is 11.6 Å². The first kappa shape index (κ1) is 16.2. The Balaban J connectivity index is 1.53. The van der Waals surface area contributed by atoms with E-state index in [9.17, 15) is 0 Å². The third-order valence-electron chi connectivity index (χ3n) is 4.64. The fourth-order valence-electron chi connectivity index (χ4n) is 3.38. The summed E-state index contributed by atoms with van der Waals surface area (Å²) in [6.45, 7) is 4.08. The van der Waals surface area contributed by atoms with Crippen molar-refractivity contribution >= 4 is 23.0 Å². The van der Waals surface area contributed by atoms with E-state index < -0.39 is 0 Å². The summed E-state index contributed by atoms with van der Waals surface area (Å²) in [7, 11) is 0. The van der Waals surface area contributed by atoms with Gasteiger partial charge in [-0.15, -0.1) is 11.3 Å². The molecule has 1 N–H and O–H groups in total. The minimum atomic E-state index is 0.426. The van der Waals surface area contributed by atoms with Gasteiger partial charge in [-0.3, -0.25) is 4.90 Å². The molecule has 0 unspecified atom stereocenters. The predicted molar refractivity (Wildman–Crippen MR) is 101 cm³/mol. The highest BCUT2D eigenvalue weighted by molar-refractivity contribution is 7.07. The van der Waals surface area contributed by atoms with E-state index in [2.05, 4.69) is 42.7 Å². The van der Waals surface area contributed by atoms with Gasteiger partial charge in [0.15, 0.2) is 0 Å². The van der Waals surface area contributed by atoms with E-state index in [4.69, 9.17) is 0 Å². The summed E-state index contributed by atoms with van der Waals surface area (Å²) in [5.74, 6) is 1.71. The zero-order chi connectivity index (χ0) is 17.1. The molecule has 4 heterocycles. The number of anilines is 2. The number of pyridine rings is 2. The molecule has 3 aromatic heterocycles. The van der Waals surface area contributed by atoms with Gasteiger partial charge in [0.25, 0.3) is 0 Å². The Morgan fingerprint density at radius 3 is 3.04 bits per heavy atom. The molecule has 0 aromatic carbocycles. The van der Waals surface area contributed by atoms with Crippen molar-refractivity contribution in [1.82, 2.24) is 19.9 Å². The van der Waals surface area contributed by atoms with Crippen molar-refractivity contribution in [3.05, 3.63) is 64.4 Å². The first-order chi connectivity index (χ1) is 12.3. The summed E-state index contributed by atoms with van der Waals surface area (Å²) in [6, 6.07) is 8.69. The molecule has 1 aliphatic rings. The number of thiazole rings is 1. The second-order valence-electron chi connectivity index (χ2n) is 6.38. The quantitative estimate of drug-likeness (QED) is 0.742. The van der Waals surface area contributed by atoms with Crippen molar-refractivity contribution < 1.29 is 0 Å². The molecule has 0 bridgehead atoms. The first-order valence-electron chi connectivity index (χ1n) is 8.55. The topological polar surface area (TPSA) is 53.9 Å². The Morgan fingerprint density at radius 2 is 2.20 bits per heavy atom. The molecule has 1 fully saturated rings. The van der Waals surface area contributed by atoms with Crippen LogP contribution in [-0.2, 0) is 6.54 Å². The summed E-state index contributed by atoms with van der Waals surface area (Å²) in [5.41, 5.74) is 5.48. The molecule has 4 rings (SSSR count). The number of nitrogens with one attached hydrogen (secondary N) is 1. The van der Waals surface area contributed by atoms with Gasteiger partial charge >= 0.3 is 0 Å². The van der Waals surface area contributed by atoms with Crippen LogP contribution in [0.25, 0.3) is 0 Å². The second kappa shape index (κ2) is 7.29. The normalized spacial score (nSPS) is 17.7. The van der Waals surface area contributed by atoms with Crippen molar-refractivity contribution in [3.63, 3.8) is 0 Å². The number of rotatable bonds is 5. The predicted octanol–water partition coefficient (Wildman–Crippen LogP) is 4.32. The highest BCUT2D eigenvalue weighted by Crippen LogP contribution is 2.34. The lowest BCUT2D eigenvalue weighted by atomic mass is 10.1. The molecule has 1 atom stereocenters. The zero-order valence-corrected chi connectivity index (χ0v) is 15.0. The maximum absolute atomic E-state index is 4.47. The smallest absolute Gasteiger partial charge is 0.134 e. The van der Waals surface area contributed by atoms with Crippen LogP contribution in [0.15, 0.2) is 47.5 Å². The van der Waals surface area contributed by atoms with Gasteiger partial charge in [0, 0.05) is 30.4 Å². The van der Waals surface area contributed by atoms with Gasteiger partial charge in [-0.2, -0.15) is 0 Å². The number of nitrogens with zero attached hydrogens (tertiary/aromatic N) is 4. The molecule has 25 heavy (non-hydrogen) atoms. The van der Waals surface area contributed by atoms with Gasteiger partial charge in [0.05, 0.1) is 11.2 Å². The summed E-state index contributed by atoms with van der Waals surface area (Å²) in [5, 5.41) is 5.48. The summed E-state index contributed by atoms with van der Waals surface area (Å²) in [4.78, 5) is 15.8. The van der Waals surface area contributed by atoms with Gasteiger partial charge in [-0.25, -0.2) is 15.0 Å². The van der Waals surface area contributed by atoms with Crippen LogP contribution < -0.4 is 5.32 Å². The van der Waals surface area contributed by atoms with Crippen LogP contribution in [0.2, 0.25) is 0 Å². The lowest BCUT2D eigenvalue weighted by molar-refractivity contribution is 0.246. The average molecular weight is 351 g/mol. The monoisotopic (exact) mass is 351 g/mol. The number of hydrogen-bond donors (Lipinski definition) is 1. The highest BCUT2D eigenvalue weighted by Gasteiger charge is 2.26. The molecule has 0 saturated carbocycles. The van der Waals surface area contributed by atoms with Crippen LogP contribution >= 0.6 is 11.3 Å². The van der Waals surface area contributed by atoms with E-state index in [1.165, 1.54) is 18.4 Å². The summed E-state index contributed by atoms with van der Waals surface area (Å²) >= 11 is 1.66. The standard InChI is InChI=1S/C19H21N5S/c1-14-4-2-7-21-19(14)23-18-10-15(6-8-20-18)17-5-3-9-24(17)11-16-12-25-13-22-16/h2,4,6-8,10,12-13,17H,3,5,9,11H2,1H3,(H,20,21,23)/t17-/m1/s1. The third-order valence-corrected chi connectivity index (χ3v) is 5.27. The van der Waals surface area contributed by atoms with Crippen LogP contribution in [0.5, 0.6) is 0 Å². The zero-order valence-electron chi connectivity index (χ0n) is 14.2. The molecule has 0 amide bonds. The molecule has 0 aliphatic carbocycles. The molecular weight excluding hydrogens is 330 g/mol. The van der Waals surface area contributed by atoms with Crippen LogP contribution in [0.1, 0.15) is 35.7 Å². The first-order valence-corrected chi connectivity index (χ1v) is 9.49. The highest BCUT2D eigenvalue weighted by atomic mass is 32.1. The summed E-state index contributed by atoms with van der Waals surface area (Å²) in [6.07, 6.45) is 6.08. The van der Waals surface area contributed by atoms with E-state index in [1.54, 1.807) is 17.5 Å². The Morgan fingerprint density at radius 1 is 1.24 bits per heavy atom. The number of aryl methyl sites for hydroxylation is 1. The SMILES string of the molecule is Cc1cccnc1Nc1cc([C@H]2CCCN2Cc2cscn2)ccn1. The lowest BCUT2D eigenvalue weighted by Crippen LogP contribution is -2.23. The Bertz CT molecular complexity index is 833. The van der Waals surface area contributed by atoms with Crippen molar-refractivity contribution in [1.29, 1.82) is 0 Å². The minimum absolute atomic E-state index is 0.426. The Labute approximate surface area is 151 Å². The van der Waals surface area contributed by atoms with E-state index in [0.717, 1.165) is 36.0 Å². The van der Waals surface area contributed by atoms with Gasteiger partial charge < -0.3 is 5.32 Å². The Hall–Kier alpha value is -2.31. The van der Waals surface area contributed by atoms with Crippen LogP contribution in [0, 0.1) is 6.92 Å². The van der Waals surface area contributed by atoms with Crippen molar-refractivity contribution in [2.75, 3.05) is 11.9 Å². The molecular formula is C19H21N5S. The summed E-state index contributed by atoms with van der Waals surface area (Å²) < 4.78 is 0. The van der Waals surface area contributed by atoms with Crippen molar-refractivity contribution in [2.45, 2.75) is 32.4 Å². The fourth-order valence-corrected chi connectivity index (χ4v) is 3.93. The fraction of sp³-hybridized carbons (Fsp3) is 0.316. The maximum Gasteiger partial charge on any atom is 0.134 e. The van der Waals surface area contributed by atoms with E-state index >= 15 is 0 Å². The lowest BCUT2D eigenvalue weighted by Gasteiger charge is -2.24. The number of hydrogen-bond acceptors (Lipinski definition) is 6. The number of likely N-dealkylation sites (tertiary alicyclic amines) is 1. The van der Waals surface area contributed by atoms with E-state index in [1.807, 2.05) is 30.8 Å². The molecule has 6 heteroatoms. The largest absolute Gasteiger partial charge is 0.325 e. The molecule has 1 aliphatic heterocycles. The van der Waals surface area contributed by atoms with Crippen LogP contribution in [-0.4, -0.2) is 26.4 Å².